The van der Waals surface area contributed by atoms with Crippen molar-refractivity contribution >= 4 is 0 Å². The van der Waals surface area contributed by atoms with E-state index in [1.165, 1.54) is 6.42 Å². The zero-order valence-electron chi connectivity index (χ0n) is 9.57. The van der Waals surface area contributed by atoms with Crippen molar-refractivity contribution < 1.29 is 0 Å². The summed E-state index contributed by atoms with van der Waals surface area (Å²) < 4.78 is 0. The lowest BCUT2D eigenvalue weighted by molar-refractivity contribution is 0.197. The van der Waals surface area contributed by atoms with Crippen LogP contribution in [0, 0.1) is 16.7 Å². The molecule has 1 atom stereocenters. The standard InChI is InChI=1S/C12H24/c1-8-12(6,7)9-10(2)11(3,4)5/h8,10H,1,9H2,2-7H3. The van der Waals surface area contributed by atoms with E-state index in [4.69, 9.17) is 0 Å². The van der Waals surface area contributed by atoms with Gasteiger partial charge in [0.1, 0.15) is 0 Å². The van der Waals surface area contributed by atoms with Gasteiger partial charge in [-0.15, -0.1) is 6.58 Å². The summed E-state index contributed by atoms with van der Waals surface area (Å²) in [6.07, 6.45) is 3.29. The maximum atomic E-state index is 3.87. The predicted molar refractivity (Wildman–Crippen MR) is 57.2 cm³/mol. The third-order valence-corrected chi connectivity index (χ3v) is 2.86. The average Bonchev–Trinajstić information content (AvgIpc) is 1.85. The highest BCUT2D eigenvalue weighted by atomic mass is 14.3. The van der Waals surface area contributed by atoms with Gasteiger partial charge in [-0.1, -0.05) is 47.6 Å². The third kappa shape index (κ3) is 3.94. The Bertz CT molecular complexity index is 146. The normalized spacial score (nSPS) is 15.8. The molecular weight excluding hydrogens is 144 g/mol. The SMILES string of the molecule is C=CC(C)(C)CC(C)C(C)(C)C. The van der Waals surface area contributed by atoms with E-state index in [9.17, 15) is 0 Å². The molecule has 0 N–H and O–H groups in total. The lowest BCUT2D eigenvalue weighted by Gasteiger charge is -2.33. The Morgan fingerprint density at radius 3 is 1.83 bits per heavy atom. The summed E-state index contributed by atoms with van der Waals surface area (Å²) in [6, 6.07) is 0. The van der Waals surface area contributed by atoms with E-state index in [1.807, 2.05) is 0 Å². The predicted octanol–water partition coefficient (Wildman–Crippen LogP) is 4.27. The maximum absolute atomic E-state index is 3.87. The van der Waals surface area contributed by atoms with Crippen molar-refractivity contribution in [1.29, 1.82) is 0 Å². The molecule has 72 valence electrons. The molecule has 0 rings (SSSR count). The second-order valence-corrected chi connectivity index (χ2v) is 5.66. The van der Waals surface area contributed by atoms with Crippen LogP contribution < -0.4 is 0 Å². The largest absolute Gasteiger partial charge is 0.103 e. The molecule has 0 amide bonds. The van der Waals surface area contributed by atoms with E-state index in [0.29, 0.717) is 5.41 Å². The van der Waals surface area contributed by atoms with Gasteiger partial charge in [0, 0.05) is 0 Å². The van der Waals surface area contributed by atoms with E-state index in [0.717, 1.165) is 5.92 Å². The molecular formula is C12H24. The molecule has 12 heavy (non-hydrogen) atoms. The van der Waals surface area contributed by atoms with Gasteiger partial charge in [-0.2, -0.15) is 0 Å². The van der Waals surface area contributed by atoms with Gasteiger partial charge in [-0.05, 0) is 23.2 Å². The van der Waals surface area contributed by atoms with Crippen LogP contribution in [-0.4, -0.2) is 0 Å². The number of hydrogen-bond donors (Lipinski definition) is 0. The van der Waals surface area contributed by atoms with E-state index < -0.39 is 0 Å². The van der Waals surface area contributed by atoms with Crippen LogP contribution in [0.4, 0.5) is 0 Å². The van der Waals surface area contributed by atoms with Crippen molar-refractivity contribution in [2.45, 2.75) is 48.0 Å². The van der Waals surface area contributed by atoms with Crippen LogP contribution >= 0.6 is 0 Å². The fourth-order valence-electron chi connectivity index (χ4n) is 1.18. The first-order chi connectivity index (χ1) is 5.19. The van der Waals surface area contributed by atoms with Gasteiger partial charge in [0.2, 0.25) is 0 Å². The molecule has 0 bridgehead atoms. The molecule has 0 saturated carbocycles. The smallest absolute Gasteiger partial charge is 0.0175 e. The average molecular weight is 168 g/mol. The summed E-state index contributed by atoms with van der Waals surface area (Å²) in [5.74, 6) is 0.741. The van der Waals surface area contributed by atoms with E-state index in [-0.39, 0.29) is 5.41 Å². The van der Waals surface area contributed by atoms with Crippen LogP contribution in [0.25, 0.3) is 0 Å². The molecule has 0 heterocycles. The second kappa shape index (κ2) is 3.64. The molecule has 0 aliphatic heterocycles. The van der Waals surface area contributed by atoms with Crippen LogP contribution in [0.5, 0.6) is 0 Å². The molecule has 0 aromatic carbocycles. The number of rotatable bonds is 3. The Kier molecular flexibility index (Phi) is 3.56. The van der Waals surface area contributed by atoms with Gasteiger partial charge < -0.3 is 0 Å². The van der Waals surface area contributed by atoms with Crippen molar-refractivity contribution in [2.75, 3.05) is 0 Å². The maximum Gasteiger partial charge on any atom is -0.0175 e. The molecule has 0 aromatic heterocycles. The van der Waals surface area contributed by atoms with Gasteiger partial charge >= 0.3 is 0 Å². The molecule has 0 aromatic rings. The van der Waals surface area contributed by atoms with Crippen LogP contribution in [0.1, 0.15) is 48.0 Å². The molecule has 0 radical (unpaired) electrons. The molecule has 0 aliphatic carbocycles. The summed E-state index contributed by atoms with van der Waals surface area (Å²) >= 11 is 0. The minimum absolute atomic E-state index is 0.284. The minimum atomic E-state index is 0.284. The van der Waals surface area contributed by atoms with E-state index in [2.05, 4.69) is 54.2 Å². The Morgan fingerprint density at radius 2 is 1.58 bits per heavy atom. The minimum Gasteiger partial charge on any atom is -0.103 e. The molecule has 0 fully saturated rings. The zero-order valence-corrected chi connectivity index (χ0v) is 9.57. The van der Waals surface area contributed by atoms with Crippen molar-refractivity contribution in [2.24, 2.45) is 16.7 Å². The van der Waals surface area contributed by atoms with Crippen molar-refractivity contribution in [3.8, 4) is 0 Å². The molecule has 0 spiro atoms. The Labute approximate surface area is 78.1 Å². The lowest BCUT2D eigenvalue weighted by atomic mass is 9.72. The highest BCUT2D eigenvalue weighted by Gasteiger charge is 2.25. The topological polar surface area (TPSA) is 0 Å². The molecule has 0 heteroatoms. The quantitative estimate of drug-likeness (QED) is 0.552. The fraction of sp³-hybridized carbons (Fsp3) is 0.833. The number of hydrogen-bond acceptors (Lipinski definition) is 0. The van der Waals surface area contributed by atoms with Gasteiger partial charge in [0.05, 0.1) is 0 Å². The summed E-state index contributed by atoms with van der Waals surface area (Å²) in [5, 5.41) is 0. The summed E-state index contributed by atoms with van der Waals surface area (Å²) in [6.45, 7) is 17.6. The summed E-state index contributed by atoms with van der Waals surface area (Å²) in [4.78, 5) is 0. The Morgan fingerprint density at radius 1 is 1.17 bits per heavy atom. The second-order valence-electron chi connectivity index (χ2n) is 5.66. The molecule has 0 aliphatic rings. The molecule has 1 unspecified atom stereocenters. The van der Waals surface area contributed by atoms with Gasteiger partial charge in [0.25, 0.3) is 0 Å². The number of allylic oxidation sites excluding steroid dienone is 1. The van der Waals surface area contributed by atoms with Crippen molar-refractivity contribution in [3.05, 3.63) is 12.7 Å². The first-order valence-corrected chi connectivity index (χ1v) is 4.82. The molecule has 0 saturated heterocycles. The Balaban J connectivity index is 4.18. The van der Waals surface area contributed by atoms with Gasteiger partial charge in [-0.3, -0.25) is 0 Å². The van der Waals surface area contributed by atoms with Crippen molar-refractivity contribution in [1.82, 2.24) is 0 Å². The van der Waals surface area contributed by atoms with Gasteiger partial charge in [-0.25, -0.2) is 0 Å². The first-order valence-electron chi connectivity index (χ1n) is 4.82. The lowest BCUT2D eigenvalue weighted by Crippen LogP contribution is -2.23. The third-order valence-electron chi connectivity index (χ3n) is 2.86. The van der Waals surface area contributed by atoms with E-state index >= 15 is 0 Å². The van der Waals surface area contributed by atoms with Crippen LogP contribution in [0.3, 0.4) is 0 Å². The Hall–Kier alpha value is -0.260. The van der Waals surface area contributed by atoms with Gasteiger partial charge in [0.15, 0.2) is 0 Å². The fourth-order valence-corrected chi connectivity index (χ4v) is 1.18. The summed E-state index contributed by atoms with van der Waals surface area (Å²) in [5.41, 5.74) is 0.701. The highest BCUT2D eigenvalue weighted by molar-refractivity contribution is 4.90. The molecule has 0 nitrogen and oxygen atoms in total. The van der Waals surface area contributed by atoms with E-state index in [1.54, 1.807) is 0 Å². The monoisotopic (exact) mass is 168 g/mol. The van der Waals surface area contributed by atoms with Crippen LogP contribution in [0.2, 0.25) is 0 Å². The van der Waals surface area contributed by atoms with Crippen LogP contribution in [-0.2, 0) is 0 Å². The zero-order chi connectivity index (χ0) is 9.99. The summed E-state index contributed by atoms with van der Waals surface area (Å²) in [7, 11) is 0. The first kappa shape index (κ1) is 11.7. The van der Waals surface area contributed by atoms with Crippen molar-refractivity contribution in [3.63, 3.8) is 0 Å². The van der Waals surface area contributed by atoms with Crippen LogP contribution in [0.15, 0.2) is 12.7 Å². The highest BCUT2D eigenvalue weighted by Crippen LogP contribution is 2.36.